The summed E-state index contributed by atoms with van der Waals surface area (Å²) in [5, 5.41) is 0. The van der Waals surface area contributed by atoms with Crippen LogP contribution < -0.4 is 9.64 Å². The molecule has 3 heteroatoms. The Balaban J connectivity index is 2.80. The van der Waals surface area contributed by atoms with Crippen molar-refractivity contribution in [2.75, 3.05) is 31.4 Å². The first-order chi connectivity index (χ1) is 7.19. The van der Waals surface area contributed by atoms with Gasteiger partial charge >= 0.3 is 0 Å². The van der Waals surface area contributed by atoms with Crippen LogP contribution in [0.2, 0.25) is 0 Å². The fourth-order valence-corrected chi connectivity index (χ4v) is 1.52. The highest BCUT2D eigenvalue weighted by molar-refractivity contribution is 7.80. The summed E-state index contributed by atoms with van der Waals surface area (Å²) >= 11 is 4.19. The average molecular weight is 223 g/mol. The van der Waals surface area contributed by atoms with Gasteiger partial charge in [-0.15, -0.1) is 0 Å². The molecule has 0 bridgehead atoms. The highest BCUT2D eigenvalue weighted by atomic mass is 32.1. The monoisotopic (exact) mass is 223 g/mol. The quantitative estimate of drug-likeness (QED) is 0.608. The zero-order chi connectivity index (χ0) is 11.3. The first-order valence-electron chi connectivity index (χ1n) is 4.80. The number of ether oxygens (including phenoxy) is 1. The maximum Gasteiger partial charge on any atom is 0.142 e. The molecule has 1 rings (SSSR count). The minimum atomic E-state index is 0.708. The second-order valence-corrected chi connectivity index (χ2v) is 3.75. The van der Waals surface area contributed by atoms with Gasteiger partial charge < -0.3 is 9.64 Å². The molecule has 0 aliphatic carbocycles. The predicted molar refractivity (Wildman–Crippen MR) is 69.3 cm³/mol. The molecular weight excluding hydrogens is 206 g/mol. The van der Waals surface area contributed by atoms with E-state index in [-0.39, 0.29) is 0 Å². The van der Waals surface area contributed by atoms with Gasteiger partial charge in [0.05, 0.1) is 12.8 Å². The number of nitrogens with zero attached hydrogens (tertiary/aromatic N) is 1. The summed E-state index contributed by atoms with van der Waals surface area (Å²) in [5.74, 6) is 1.59. The van der Waals surface area contributed by atoms with Crippen LogP contribution in [0, 0.1) is 0 Å². The van der Waals surface area contributed by atoms with Crippen molar-refractivity contribution >= 4 is 18.3 Å². The first-order valence-corrected chi connectivity index (χ1v) is 5.44. The van der Waals surface area contributed by atoms with Crippen molar-refractivity contribution in [3.05, 3.63) is 36.4 Å². The van der Waals surface area contributed by atoms with Gasteiger partial charge in [-0.1, -0.05) is 18.7 Å². The zero-order valence-corrected chi connectivity index (χ0v) is 10.1. The minimum Gasteiger partial charge on any atom is -0.495 e. The van der Waals surface area contributed by atoms with Gasteiger partial charge in [0, 0.05) is 19.3 Å². The molecule has 2 nitrogen and oxygen atoms in total. The molecule has 1 aromatic carbocycles. The Bertz CT molecular complexity index is 338. The fourth-order valence-electron chi connectivity index (χ4n) is 1.42. The van der Waals surface area contributed by atoms with E-state index in [1.54, 1.807) is 7.11 Å². The Hall–Kier alpha value is -1.09. The fraction of sp³-hybridized carbons (Fsp3) is 0.333. The minimum absolute atomic E-state index is 0.708. The molecule has 1 aromatic rings. The normalized spacial score (nSPS) is 9.80. The van der Waals surface area contributed by atoms with Gasteiger partial charge in [-0.2, -0.15) is 12.6 Å². The summed E-state index contributed by atoms with van der Waals surface area (Å²) in [6.45, 7) is 4.73. The third-order valence-corrected chi connectivity index (χ3v) is 2.63. The molecule has 0 radical (unpaired) electrons. The van der Waals surface area contributed by atoms with E-state index in [0.29, 0.717) is 5.75 Å². The standard InChI is InChI=1S/C12H17NOS/c1-10(9-15)8-13(2)11-6-4-5-7-12(11)14-3/h4-7,15H,1,8-9H2,2-3H3. The molecule has 0 aromatic heterocycles. The van der Waals surface area contributed by atoms with Crippen molar-refractivity contribution in [1.82, 2.24) is 0 Å². The van der Waals surface area contributed by atoms with Gasteiger partial charge in [-0.3, -0.25) is 0 Å². The van der Waals surface area contributed by atoms with Crippen molar-refractivity contribution < 1.29 is 4.74 Å². The number of rotatable bonds is 5. The number of likely N-dealkylation sites (N-methyl/N-ethyl adjacent to an activating group) is 1. The van der Waals surface area contributed by atoms with E-state index >= 15 is 0 Å². The van der Waals surface area contributed by atoms with E-state index in [9.17, 15) is 0 Å². The van der Waals surface area contributed by atoms with E-state index in [4.69, 9.17) is 4.74 Å². The summed E-state index contributed by atoms with van der Waals surface area (Å²) in [7, 11) is 3.70. The number of methoxy groups -OCH3 is 1. The number of thiol groups is 1. The molecule has 0 unspecified atom stereocenters. The molecule has 0 amide bonds. The van der Waals surface area contributed by atoms with Crippen molar-refractivity contribution in [2.24, 2.45) is 0 Å². The number of para-hydroxylation sites is 2. The van der Waals surface area contributed by atoms with Crippen LogP contribution in [0.3, 0.4) is 0 Å². The summed E-state index contributed by atoms with van der Waals surface area (Å²) in [6, 6.07) is 7.95. The zero-order valence-electron chi connectivity index (χ0n) is 9.23. The van der Waals surface area contributed by atoms with Gasteiger partial charge in [-0.25, -0.2) is 0 Å². The van der Waals surface area contributed by atoms with Crippen molar-refractivity contribution in [1.29, 1.82) is 0 Å². The topological polar surface area (TPSA) is 12.5 Å². The smallest absolute Gasteiger partial charge is 0.142 e. The molecule has 0 heterocycles. The number of hydrogen-bond acceptors (Lipinski definition) is 3. The molecule has 0 atom stereocenters. The Morgan fingerprint density at radius 1 is 1.47 bits per heavy atom. The van der Waals surface area contributed by atoms with Crippen LogP contribution in [0.5, 0.6) is 5.75 Å². The highest BCUT2D eigenvalue weighted by Gasteiger charge is 2.07. The van der Waals surface area contributed by atoms with Crippen LogP contribution in [0.15, 0.2) is 36.4 Å². The number of anilines is 1. The molecule has 0 saturated heterocycles. The second-order valence-electron chi connectivity index (χ2n) is 3.44. The maximum atomic E-state index is 5.29. The molecular formula is C12H17NOS. The van der Waals surface area contributed by atoms with Crippen LogP contribution in [-0.4, -0.2) is 26.5 Å². The predicted octanol–water partition coefficient (Wildman–Crippen LogP) is 2.62. The van der Waals surface area contributed by atoms with Gasteiger partial charge in [-0.05, 0) is 17.7 Å². The lowest BCUT2D eigenvalue weighted by Gasteiger charge is -2.22. The van der Waals surface area contributed by atoms with E-state index in [0.717, 1.165) is 23.6 Å². The van der Waals surface area contributed by atoms with Crippen LogP contribution in [-0.2, 0) is 0 Å². The van der Waals surface area contributed by atoms with Gasteiger partial charge in [0.15, 0.2) is 0 Å². The SMILES string of the molecule is C=C(CS)CN(C)c1ccccc1OC. The third-order valence-electron chi connectivity index (χ3n) is 2.18. The molecule has 0 aliphatic rings. The second kappa shape index (κ2) is 5.71. The number of benzene rings is 1. The Kier molecular flexibility index (Phi) is 4.56. The summed E-state index contributed by atoms with van der Waals surface area (Å²) in [4.78, 5) is 2.11. The van der Waals surface area contributed by atoms with Gasteiger partial charge in [0.25, 0.3) is 0 Å². The molecule has 0 spiro atoms. The molecule has 0 fully saturated rings. The van der Waals surface area contributed by atoms with Gasteiger partial charge in [0.1, 0.15) is 5.75 Å². The van der Waals surface area contributed by atoms with Crippen molar-refractivity contribution in [3.63, 3.8) is 0 Å². The summed E-state index contributed by atoms with van der Waals surface area (Å²) in [5.41, 5.74) is 2.16. The summed E-state index contributed by atoms with van der Waals surface area (Å²) in [6.07, 6.45) is 0. The lowest BCUT2D eigenvalue weighted by Crippen LogP contribution is -2.20. The highest BCUT2D eigenvalue weighted by Crippen LogP contribution is 2.26. The molecule has 82 valence electrons. The van der Waals surface area contributed by atoms with Crippen LogP contribution in [0.4, 0.5) is 5.69 Å². The van der Waals surface area contributed by atoms with E-state index < -0.39 is 0 Å². The lowest BCUT2D eigenvalue weighted by molar-refractivity contribution is 0.415. The van der Waals surface area contributed by atoms with Crippen molar-refractivity contribution in [2.45, 2.75) is 0 Å². The molecule has 15 heavy (non-hydrogen) atoms. The first kappa shape index (κ1) is 12.0. The molecule has 0 aliphatic heterocycles. The van der Waals surface area contributed by atoms with Crippen molar-refractivity contribution in [3.8, 4) is 5.75 Å². The summed E-state index contributed by atoms with van der Waals surface area (Å²) < 4.78 is 5.29. The van der Waals surface area contributed by atoms with E-state index in [1.807, 2.05) is 31.3 Å². The third kappa shape index (κ3) is 3.20. The Morgan fingerprint density at radius 3 is 2.73 bits per heavy atom. The molecule has 0 N–H and O–H groups in total. The van der Waals surface area contributed by atoms with Crippen LogP contribution in [0.25, 0.3) is 0 Å². The van der Waals surface area contributed by atoms with Crippen LogP contribution in [0.1, 0.15) is 0 Å². The van der Waals surface area contributed by atoms with E-state index in [2.05, 4.69) is 24.1 Å². The average Bonchev–Trinajstić information content (AvgIpc) is 2.28. The molecule has 0 saturated carbocycles. The lowest BCUT2D eigenvalue weighted by atomic mass is 10.2. The Morgan fingerprint density at radius 2 is 2.13 bits per heavy atom. The van der Waals surface area contributed by atoms with Gasteiger partial charge in [0.2, 0.25) is 0 Å². The van der Waals surface area contributed by atoms with Crippen LogP contribution >= 0.6 is 12.6 Å². The Labute approximate surface area is 97.0 Å². The largest absolute Gasteiger partial charge is 0.495 e. The maximum absolute atomic E-state index is 5.29. The number of hydrogen-bond donors (Lipinski definition) is 1. The van der Waals surface area contributed by atoms with E-state index in [1.165, 1.54) is 0 Å².